The first kappa shape index (κ1) is 14.7. The van der Waals surface area contributed by atoms with Gasteiger partial charge >= 0.3 is 0 Å². The fourth-order valence-corrected chi connectivity index (χ4v) is 4.02. The van der Waals surface area contributed by atoms with E-state index in [9.17, 15) is 5.26 Å². The summed E-state index contributed by atoms with van der Waals surface area (Å²) in [5.74, 6) is 2.22. The Morgan fingerprint density at radius 1 is 1.24 bits per heavy atom. The van der Waals surface area contributed by atoms with E-state index >= 15 is 0 Å². The molecule has 0 unspecified atom stereocenters. The molecule has 1 aromatic heterocycles. The number of pyridine rings is 1. The molecule has 0 atom stereocenters. The van der Waals surface area contributed by atoms with E-state index in [-0.39, 0.29) is 0 Å². The molecule has 0 saturated carbocycles. The van der Waals surface area contributed by atoms with Crippen LogP contribution in [0.15, 0.2) is 5.03 Å². The van der Waals surface area contributed by atoms with Gasteiger partial charge in [0.05, 0.1) is 13.2 Å². The first-order valence-corrected chi connectivity index (χ1v) is 8.80. The Kier molecular flexibility index (Phi) is 4.67. The number of nitriles is 1. The Labute approximate surface area is 130 Å². The van der Waals surface area contributed by atoms with Gasteiger partial charge in [-0.25, -0.2) is 4.98 Å². The minimum atomic E-state index is 0.791. The van der Waals surface area contributed by atoms with Crippen LogP contribution in [0.4, 0.5) is 5.82 Å². The van der Waals surface area contributed by atoms with Crippen LogP contribution in [0.1, 0.15) is 36.5 Å². The number of nitrogens with zero attached hydrogens (tertiary/aromatic N) is 2. The van der Waals surface area contributed by atoms with Crippen molar-refractivity contribution in [3.05, 3.63) is 16.7 Å². The summed E-state index contributed by atoms with van der Waals surface area (Å²) < 4.78 is 5.47. The van der Waals surface area contributed by atoms with E-state index < -0.39 is 0 Å². The summed E-state index contributed by atoms with van der Waals surface area (Å²) in [5, 5.41) is 10.6. The maximum absolute atomic E-state index is 9.59. The van der Waals surface area contributed by atoms with E-state index in [1.54, 1.807) is 11.8 Å². The minimum absolute atomic E-state index is 0.791. The summed E-state index contributed by atoms with van der Waals surface area (Å²) >= 11 is 1.74. The van der Waals surface area contributed by atoms with Crippen molar-refractivity contribution in [2.45, 2.75) is 37.6 Å². The summed E-state index contributed by atoms with van der Waals surface area (Å²) in [4.78, 5) is 5.97. The molecular formula is C16H22N3OS+. The van der Waals surface area contributed by atoms with Crippen LogP contribution in [0, 0.1) is 11.3 Å². The largest absolute Gasteiger partial charge is 0.373 e. The molecule has 0 bridgehead atoms. The van der Waals surface area contributed by atoms with Crippen LogP contribution in [0.3, 0.4) is 0 Å². The van der Waals surface area contributed by atoms with E-state index in [4.69, 9.17) is 4.74 Å². The van der Waals surface area contributed by atoms with Crippen LogP contribution in [0.25, 0.3) is 0 Å². The van der Waals surface area contributed by atoms with Crippen LogP contribution in [0.2, 0.25) is 0 Å². The van der Waals surface area contributed by atoms with Gasteiger partial charge in [0.1, 0.15) is 24.7 Å². The smallest absolute Gasteiger partial charge is 0.278 e. The third-order valence-corrected chi connectivity index (χ3v) is 5.13. The summed E-state index contributed by atoms with van der Waals surface area (Å²) in [5.41, 5.74) is 3.55. The van der Waals surface area contributed by atoms with Gasteiger partial charge in [-0.05, 0) is 37.0 Å². The molecule has 4 nitrogen and oxygen atoms in total. The molecule has 2 heterocycles. The number of aromatic nitrogens is 1. The molecule has 0 aromatic carbocycles. The Balaban J connectivity index is 2.09. The van der Waals surface area contributed by atoms with Crippen molar-refractivity contribution in [1.29, 1.82) is 5.26 Å². The molecule has 0 amide bonds. The van der Waals surface area contributed by atoms with Gasteiger partial charge in [0.2, 0.25) is 0 Å². The Morgan fingerprint density at radius 2 is 1.95 bits per heavy atom. The molecule has 1 aliphatic heterocycles. The second-order valence-electron chi connectivity index (χ2n) is 5.49. The van der Waals surface area contributed by atoms with Gasteiger partial charge in [-0.2, -0.15) is 5.26 Å². The number of ether oxygens (including phenoxy) is 1. The van der Waals surface area contributed by atoms with Crippen LogP contribution in [-0.4, -0.2) is 32.1 Å². The van der Waals surface area contributed by atoms with Gasteiger partial charge in [-0.3, -0.25) is 4.90 Å². The minimum Gasteiger partial charge on any atom is -0.373 e. The van der Waals surface area contributed by atoms with Gasteiger partial charge in [0.25, 0.3) is 5.82 Å². The van der Waals surface area contributed by atoms with Gasteiger partial charge < -0.3 is 4.74 Å². The normalized spacial score (nSPS) is 18.2. The molecule has 21 heavy (non-hydrogen) atoms. The number of morpholine rings is 1. The number of hydrogen-bond acceptors (Lipinski definition) is 4. The zero-order chi connectivity index (χ0) is 14.7. The van der Waals surface area contributed by atoms with Gasteiger partial charge in [0, 0.05) is 5.56 Å². The van der Waals surface area contributed by atoms with Crippen molar-refractivity contribution in [3.63, 3.8) is 0 Å². The molecule has 2 aliphatic rings. The van der Waals surface area contributed by atoms with E-state index in [2.05, 4.69) is 22.9 Å². The van der Waals surface area contributed by atoms with E-state index in [1.165, 1.54) is 29.8 Å². The number of hydrogen-bond donors (Lipinski definition) is 0. The van der Waals surface area contributed by atoms with Crippen molar-refractivity contribution >= 4 is 17.6 Å². The topological polar surface area (TPSA) is 50.4 Å². The number of thioether (sulfide) groups is 1. The molecule has 1 fully saturated rings. The highest BCUT2D eigenvalue weighted by molar-refractivity contribution is 7.99. The van der Waals surface area contributed by atoms with Gasteiger partial charge in [-0.15, -0.1) is 0 Å². The van der Waals surface area contributed by atoms with Crippen LogP contribution < -0.4 is 9.88 Å². The highest BCUT2D eigenvalue weighted by atomic mass is 32.2. The quantitative estimate of drug-likeness (QED) is 0.803. The van der Waals surface area contributed by atoms with Crippen molar-refractivity contribution in [1.82, 2.24) is 0 Å². The standard InChI is InChI=1S/C16H21N3OS/c1-2-21-16-14(11-17)12-5-3-4-6-13(12)15(18-16)19-7-9-20-10-8-19/h2-10H2,1H3/p+1. The Hall–Kier alpha value is -1.25. The summed E-state index contributed by atoms with van der Waals surface area (Å²) in [6.07, 6.45) is 4.56. The van der Waals surface area contributed by atoms with E-state index in [1.807, 2.05) is 0 Å². The molecule has 112 valence electrons. The van der Waals surface area contributed by atoms with Crippen molar-refractivity contribution in [2.75, 3.05) is 37.0 Å². The second-order valence-corrected chi connectivity index (χ2v) is 6.76. The second kappa shape index (κ2) is 6.67. The number of rotatable bonds is 3. The monoisotopic (exact) mass is 304 g/mol. The zero-order valence-corrected chi connectivity index (χ0v) is 13.4. The lowest BCUT2D eigenvalue weighted by Gasteiger charge is -2.26. The fourth-order valence-electron chi connectivity index (χ4n) is 3.25. The summed E-state index contributed by atoms with van der Waals surface area (Å²) in [7, 11) is 0. The van der Waals surface area contributed by atoms with E-state index in [0.29, 0.717) is 0 Å². The first-order chi connectivity index (χ1) is 10.3. The molecule has 0 radical (unpaired) electrons. The third kappa shape index (κ3) is 2.88. The number of H-pyrrole nitrogens is 1. The number of anilines is 1. The number of nitrogens with one attached hydrogen (secondary N) is 1. The highest BCUT2D eigenvalue weighted by Crippen LogP contribution is 2.33. The maximum atomic E-state index is 9.59. The van der Waals surface area contributed by atoms with Gasteiger partial charge in [0.15, 0.2) is 5.03 Å². The lowest BCUT2D eigenvalue weighted by atomic mass is 9.89. The molecule has 0 spiro atoms. The first-order valence-electron chi connectivity index (χ1n) is 7.81. The lowest BCUT2D eigenvalue weighted by Crippen LogP contribution is -2.41. The molecule has 1 aromatic rings. The molecule has 1 aliphatic carbocycles. The van der Waals surface area contributed by atoms with Crippen molar-refractivity contribution in [3.8, 4) is 6.07 Å². The average Bonchev–Trinajstić information content (AvgIpc) is 2.55. The van der Waals surface area contributed by atoms with Gasteiger partial charge in [-0.1, -0.05) is 18.7 Å². The molecule has 1 saturated heterocycles. The van der Waals surface area contributed by atoms with Crippen LogP contribution >= 0.6 is 11.8 Å². The van der Waals surface area contributed by atoms with Crippen LogP contribution in [-0.2, 0) is 17.6 Å². The maximum Gasteiger partial charge on any atom is 0.278 e. The summed E-state index contributed by atoms with van der Waals surface area (Å²) in [6, 6.07) is 2.44. The average molecular weight is 304 g/mol. The SMILES string of the molecule is CCSc1[nH+]c(N2CCOCC2)c2c(c1C#N)CCCC2. The molecular weight excluding hydrogens is 282 g/mol. The molecule has 1 N–H and O–H groups in total. The number of aromatic amines is 1. The summed E-state index contributed by atoms with van der Waals surface area (Å²) in [6.45, 7) is 5.58. The molecule has 5 heteroatoms. The zero-order valence-electron chi connectivity index (χ0n) is 12.6. The number of fused-ring (bicyclic) bond motifs is 1. The lowest BCUT2D eigenvalue weighted by molar-refractivity contribution is -0.414. The third-order valence-electron chi connectivity index (χ3n) is 4.24. The Bertz CT molecular complexity index is 562. The van der Waals surface area contributed by atoms with Crippen LogP contribution in [0.5, 0.6) is 0 Å². The fraction of sp³-hybridized carbons (Fsp3) is 0.625. The van der Waals surface area contributed by atoms with E-state index in [0.717, 1.165) is 55.5 Å². The van der Waals surface area contributed by atoms with Crippen molar-refractivity contribution in [2.24, 2.45) is 0 Å². The van der Waals surface area contributed by atoms with Crippen molar-refractivity contribution < 1.29 is 9.72 Å². The Morgan fingerprint density at radius 3 is 2.62 bits per heavy atom. The predicted octanol–water partition coefficient (Wildman–Crippen LogP) is 2.20. The molecule has 3 rings (SSSR count). The highest BCUT2D eigenvalue weighted by Gasteiger charge is 2.30. The predicted molar refractivity (Wildman–Crippen MR) is 83.8 cm³/mol.